The fourth-order valence-electron chi connectivity index (χ4n) is 3.71. The van der Waals surface area contributed by atoms with Crippen molar-refractivity contribution in [2.45, 2.75) is 31.2 Å². The van der Waals surface area contributed by atoms with Crippen LogP contribution in [0.1, 0.15) is 36.1 Å². The summed E-state index contributed by atoms with van der Waals surface area (Å²) in [6, 6.07) is 18.3. The molecule has 1 atom stereocenters. The molecular formula is C24H24FN3O4S2. The first-order valence-corrected chi connectivity index (χ1v) is 13.7. The van der Waals surface area contributed by atoms with Crippen molar-refractivity contribution in [3.63, 3.8) is 0 Å². The van der Waals surface area contributed by atoms with Gasteiger partial charge in [0.15, 0.2) is 0 Å². The molecule has 4 rings (SSSR count). The van der Waals surface area contributed by atoms with Gasteiger partial charge in [-0.3, -0.25) is 4.72 Å². The molecule has 0 unspecified atom stereocenters. The van der Waals surface area contributed by atoms with E-state index in [-0.39, 0.29) is 10.6 Å². The monoisotopic (exact) mass is 501 g/mol. The van der Waals surface area contributed by atoms with Crippen molar-refractivity contribution in [2.24, 2.45) is 5.10 Å². The molecule has 10 heteroatoms. The Morgan fingerprint density at radius 3 is 2.29 bits per heavy atom. The lowest BCUT2D eigenvalue weighted by Gasteiger charge is -2.23. The second-order valence-electron chi connectivity index (χ2n) is 8.00. The summed E-state index contributed by atoms with van der Waals surface area (Å²) in [6.45, 7) is 3.47. The molecular weight excluding hydrogens is 477 g/mol. The quantitative estimate of drug-likeness (QED) is 0.518. The molecule has 0 spiro atoms. The molecule has 1 N–H and O–H groups in total. The second-order valence-corrected chi connectivity index (χ2v) is 11.8. The number of anilines is 1. The Kier molecular flexibility index (Phi) is 6.46. The van der Waals surface area contributed by atoms with Gasteiger partial charge in [-0.1, -0.05) is 42.0 Å². The zero-order valence-corrected chi connectivity index (χ0v) is 20.3. The first kappa shape index (κ1) is 23.9. The number of aryl methyl sites for hydroxylation is 1. The number of benzene rings is 3. The third-order valence-corrected chi connectivity index (χ3v) is 8.53. The minimum absolute atomic E-state index is 0.0458. The van der Waals surface area contributed by atoms with Gasteiger partial charge >= 0.3 is 0 Å². The minimum Gasteiger partial charge on any atom is -0.284 e. The minimum atomic E-state index is -4.05. The topological polar surface area (TPSA) is 95.9 Å². The lowest BCUT2D eigenvalue weighted by Crippen LogP contribution is -2.27. The molecule has 7 nitrogen and oxygen atoms in total. The summed E-state index contributed by atoms with van der Waals surface area (Å²) < 4.78 is 67.5. The average Bonchev–Trinajstić information content (AvgIpc) is 3.26. The predicted octanol–water partition coefficient (Wildman–Crippen LogP) is 4.44. The van der Waals surface area contributed by atoms with Gasteiger partial charge in [0.05, 0.1) is 22.4 Å². The lowest BCUT2D eigenvalue weighted by atomic mass is 9.98. The Labute approximate surface area is 199 Å². The van der Waals surface area contributed by atoms with E-state index in [9.17, 15) is 21.2 Å². The Morgan fingerprint density at radius 1 is 1.00 bits per heavy atom. The maximum atomic E-state index is 13.5. The highest BCUT2D eigenvalue weighted by Gasteiger charge is 2.37. The maximum Gasteiger partial charge on any atom is 0.279 e. The molecule has 0 saturated carbocycles. The van der Waals surface area contributed by atoms with Crippen molar-refractivity contribution in [1.29, 1.82) is 0 Å². The summed E-state index contributed by atoms with van der Waals surface area (Å²) in [5, 5.41) is 4.47. The standard InChI is InChI=1S/C24H24FN3O4S2/c1-3-33(29,30)27-21-11-7-18(8-12-21)23-16-24(19-6-4-5-17(2)15-19)28(26-23)34(31,32)22-13-9-20(25)10-14-22/h4-15,24,27H,3,16H2,1-2H3/t24-/m0/s1. The van der Waals surface area contributed by atoms with Gasteiger partial charge < -0.3 is 0 Å². The molecule has 3 aromatic rings. The first-order valence-electron chi connectivity index (χ1n) is 10.6. The molecule has 0 saturated heterocycles. The van der Waals surface area contributed by atoms with Gasteiger partial charge in [-0.05, 0) is 61.4 Å². The molecule has 1 aliphatic rings. The van der Waals surface area contributed by atoms with Crippen LogP contribution < -0.4 is 4.72 Å². The van der Waals surface area contributed by atoms with E-state index in [1.165, 1.54) is 12.1 Å². The Balaban J connectivity index is 1.72. The summed E-state index contributed by atoms with van der Waals surface area (Å²) in [4.78, 5) is -0.0547. The number of hydrazone groups is 1. The predicted molar refractivity (Wildman–Crippen MR) is 130 cm³/mol. The van der Waals surface area contributed by atoms with E-state index in [0.717, 1.165) is 27.7 Å². The molecule has 0 fully saturated rings. The van der Waals surface area contributed by atoms with Crippen molar-refractivity contribution in [3.8, 4) is 0 Å². The van der Waals surface area contributed by atoms with Crippen LogP contribution in [-0.2, 0) is 20.0 Å². The third kappa shape index (κ3) is 4.97. The molecule has 3 aromatic carbocycles. The molecule has 0 radical (unpaired) electrons. The van der Waals surface area contributed by atoms with Crippen molar-refractivity contribution < 1.29 is 21.2 Å². The van der Waals surface area contributed by atoms with Crippen LogP contribution in [0, 0.1) is 12.7 Å². The highest BCUT2D eigenvalue weighted by Crippen LogP contribution is 2.37. The van der Waals surface area contributed by atoms with E-state index >= 15 is 0 Å². The maximum absolute atomic E-state index is 13.5. The van der Waals surface area contributed by atoms with E-state index in [4.69, 9.17) is 0 Å². The number of nitrogens with zero attached hydrogens (tertiary/aromatic N) is 2. The number of hydrogen-bond acceptors (Lipinski definition) is 5. The van der Waals surface area contributed by atoms with Crippen molar-refractivity contribution in [3.05, 3.63) is 95.3 Å². The van der Waals surface area contributed by atoms with E-state index in [1.54, 1.807) is 31.2 Å². The van der Waals surface area contributed by atoms with Gasteiger partial charge in [0.1, 0.15) is 5.82 Å². The highest BCUT2D eigenvalue weighted by molar-refractivity contribution is 7.92. The van der Waals surface area contributed by atoms with Crippen LogP contribution in [0.2, 0.25) is 0 Å². The fourth-order valence-corrected chi connectivity index (χ4v) is 5.78. The number of rotatable bonds is 7. The van der Waals surface area contributed by atoms with Crippen LogP contribution in [0.5, 0.6) is 0 Å². The van der Waals surface area contributed by atoms with Crippen LogP contribution in [0.15, 0.2) is 82.8 Å². The zero-order valence-electron chi connectivity index (χ0n) is 18.6. The van der Waals surface area contributed by atoms with Crippen LogP contribution in [0.3, 0.4) is 0 Å². The molecule has 1 aliphatic heterocycles. The summed E-state index contributed by atoms with van der Waals surface area (Å²) >= 11 is 0. The van der Waals surface area contributed by atoms with Gasteiger partial charge in [0, 0.05) is 12.1 Å². The third-order valence-electron chi connectivity index (χ3n) is 5.53. The second kappa shape index (κ2) is 9.19. The molecule has 0 aliphatic carbocycles. The first-order chi connectivity index (χ1) is 16.1. The normalized spacial score (nSPS) is 16.4. The zero-order chi connectivity index (χ0) is 24.5. The van der Waals surface area contributed by atoms with Crippen LogP contribution in [-0.4, -0.2) is 32.7 Å². The van der Waals surface area contributed by atoms with E-state index in [0.29, 0.717) is 23.4 Å². The molecule has 1 heterocycles. The number of sulfonamides is 2. The van der Waals surface area contributed by atoms with Crippen molar-refractivity contribution in [2.75, 3.05) is 10.5 Å². The van der Waals surface area contributed by atoms with Crippen molar-refractivity contribution >= 4 is 31.4 Å². The van der Waals surface area contributed by atoms with Gasteiger partial charge in [-0.2, -0.15) is 17.9 Å². The van der Waals surface area contributed by atoms with Gasteiger partial charge in [0.25, 0.3) is 10.0 Å². The fraction of sp³-hybridized carbons (Fsp3) is 0.208. The number of halogens is 1. The van der Waals surface area contributed by atoms with Gasteiger partial charge in [-0.25, -0.2) is 12.8 Å². The molecule has 178 valence electrons. The summed E-state index contributed by atoms with van der Waals surface area (Å²) in [5.74, 6) is -0.575. The Hall–Kier alpha value is -3.24. The van der Waals surface area contributed by atoms with Crippen LogP contribution >= 0.6 is 0 Å². The van der Waals surface area contributed by atoms with Crippen LogP contribution in [0.4, 0.5) is 10.1 Å². The van der Waals surface area contributed by atoms with E-state index in [2.05, 4.69) is 9.82 Å². The summed E-state index contributed by atoms with van der Waals surface area (Å²) in [7, 11) is -7.46. The molecule has 34 heavy (non-hydrogen) atoms. The Morgan fingerprint density at radius 2 is 1.68 bits per heavy atom. The summed E-state index contributed by atoms with van der Waals surface area (Å²) in [5.41, 5.74) is 3.40. The van der Waals surface area contributed by atoms with Crippen LogP contribution in [0.25, 0.3) is 0 Å². The lowest BCUT2D eigenvalue weighted by molar-refractivity contribution is 0.371. The number of nitrogens with one attached hydrogen (secondary N) is 1. The molecule has 0 amide bonds. The number of hydrogen-bond donors (Lipinski definition) is 1. The summed E-state index contributed by atoms with van der Waals surface area (Å²) in [6.07, 6.45) is 0.323. The smallest absolute Gasteiger partial charge is 0.279 e. The molecule has 0 bridgehead atoms. The van der Waals surface area contributed by atoms with E-state index < -0.39 is 31.9 Å². The van der Waals surface area contributed by atoms with Crippen molar-refractivity contribution in [1.82, 2.24) is 4.41 Å². The average molecular weight is 502 g/mol. The SMILES string of the molecule is CCS(=O)(=O)Nc1ccc(C2=NN(S(=O)(=O)c3ccc(F)cc3)[C@H](c3cccc(C)c3)C2)cc1. The van der Waals surface area contributed by atoms with E-state index in [1.807, 2.05) is 31.2 Å². The Bertz CT molecular complexity index is 1440. The molecule has 0 aromatic heterocycles. The van der Waals surface area contributed by atoms with Gasteiger partial charge in [0.2, 0.25) is 10.0 Å². The van der Waals surface area contributed by atoms with Gasteiger partial charge in [-0.15, -0.1) is 0 Å². The highest BCUT2D eigenvalue weighted by atomic mass is 32.2. The largest absolute Gasteiger partial charge is 0.284 e.